The molecule has 14 atom stereocenters. The van der Waals surface area contributed by atoms with Gasteiger partial charge in [-0.25, -0.2) is 4.42 Å². The molecular weight excluding hydrogens is 716 g/mol. The molecule has 292 valence electrons. The van der Waals surface area contributed by atoms with Crippen molar-refractivity contribution in [3.63, 3.8) is 0 Å². The van der Waals surface area contributed by atoms with Crippen molar-refractivity contribution >= 4 is 11.0 Å². The van der Waals surface area contributed by atoms with Crippen molar-refractivity contribution in [3.05, 3.63) is 30.3 Å². The van der Waals surface area contributed by atoms with Crippen LogP contribution in [0.2, 0.25) is 0 Å². The van der Waals surface area contributed by atoms with Crippen LogP contribution in [0.15, 0.2) is 34.7 Å². The molecule has 0 bridgehead atoms. The SMILES string of the molecule is COc1cc(-c2[o+]c3cc(O)cc(O)c3cc2OC2OC(COC3OC(C)C(O)C(O)C3O)C(O)C(O)C2OC2OCC(O)C(O)C2O)cc(O)c1O. The van der Waals surface area contributed by atoms with Gasteiger partial charge in [0.1, 0.15) is 71.8 Å². The average Bonchev–Trinajstić information content (AvgIpc) is 3.12. The maximum Gasteiger partial charge on any atom is 0.402 e. The molecule has 3 fully saturated rings. The molecule has 20 heteroatoms. The largest absolute Gasteiger partial charge is 0.507 e. The van der Waals surface area contributed by atoms with E-state index < -0.39 is 116 Å². The highest BCUT2D eigenvalue weighted by Gasteiger charge is 2.51. The van der Waals surface area contributed by atoms with Crippen LogP contribution in [0, 0.1) is 0 Å². The van der Waals surface area contributed by atoms with Gasteiger partial charge in [0, 0.05) is 24.3 Å². The van der Waals surface area contributed by atoms with E-state index in [2.05, 4.69) is 0 Å². The molecule has 20 nitrogen and oxygen atoms in total. The van der Waals surface area contributed by atoms with Crippen molar-refractivity contribution < 1.29 is 98.9 Å². The fraction of sp³-hybridized carbons (Fsp3) is 0.545. The number of phenolic OH excluding ortho intramolecular Hbond substituents is 4. The van der Waals surface area contributed by atoms with Gasteiger partial charge in [-0.3, -0.25) is 0 Å². The number of fused-ring (bicyclic) bond motifs is 1. The highest BCUT2D eigenvalue weighted by molar-refractivity contribution is 5.88. The number of rotatable bonds is 9. The summed E-state index contributed by atoms with van der Waals surface area (Å²) in [4.78, 5) is 0. The molecule has 3 saturated heterocycles. The number of phenols is 4. The van der Waals surface area contributed by atoms with Crippen molar-refractivity contribution in [1.29, 1.82) is 0 Å². The third-order valence-corrected chi connectivity index (χ3v) is 9.22. The van der Waals surface area contributed by atoms with E-state index in [0.717, 1.165) is 18.2 Å². The number of hydrogen-bond acceptors (Lipinski definition) is 19. The summed E-state index contributed by atoms with van der Waals surface area (Å²) in [6.45, 7) is 0.295. The van der Waals surface area contributed by atoms with Gasteiger partial charge in [-0.1, -0.05) is 0 Å². The lowest BCUT2D eigenvalue weighted by Gasteiger charge is -2.45. The molecule has 12 N–H and O–H groups in total. The van der Waals surface area contributed by atoms with E-state index in [4.69, 9.17) is 37.6 Å². The van der Waals surface area contributed by atoms with Gasteiger partial charge in [0.2, 0.25) is 17.8 Å². The second-order valence-corrected chi connectivity index (χ2v) is 12.9. The molecule has 3 aromatic rings. The Morgan fingerprint density at radius 3 is 2.15 bits per heavy atom. The second-order valence-electron chi connectivity index (χ2n) is 12.9. The molecule has 53 heavy (non-hydrogen) atoms. The van der Waals surface area contributed by atoms with E-state index in [9.17, 15) is 61.3 Å². The first-order valence-corrected chi connectivity index (χ1v) is 16.3. The van der Waals surface area contributed by atoms with Gasteiger partial charge in [0.25, 0.3) is 0 Å². The highest BCUT2D eigenvalue weighted by atomic mass is 16.8. The van der Waals surface area contributed by atoms with Gasteiger partial charge in [-0.15, -0.1) is 0 Å². The number of benzene rings is 2. The predicted molar refractivity (Wildman–Crippen MR) is 172 cm³/mol. The molecule has 2 aromatic carbocycles. The monoisotopic (exact) mass is 757 g/mol. The zero-order valence-electron chi connectivity index (χ0n) is 28.0. The Morgan fingerprint density at radius 1 is 0.717 bits per heavy atom. The van der Waals surface area contributed by atoms with Crippen LogP contribution in [0.1, 0.15) is 6.92 Å². The smallest absolute Gasteiger partial charge is 0.402 e. The molecule has 6 rings (SSSR count). The Balaban J connectivity index is 1.39. The number of aliphatic hydroxyl groups excluding tert-OH is 8. The summed E-state index contributed by atoms with van der Waals surface area (Å²) in [5.74, 6) is -2.84. The molecule has 0 saturated carbocycles. The third-order valence-electron chi connectivity index (χ3n) is 9.22. The topological polar surface area (TPSA) is 319 Å². The molecule has 1 aromatic heterocycles. The lowest BCUT2D eigenvalue weighted by molar-refractivity contribution is -0.352. The zero-order valence-corrected chi connectivity index (χ0v) is 28.0. The minimum atomic E-state index is -1.95. The first-order chi connectivity index (χ1) is 25.1. The standard InChI is InChI=1S/C33H40O20/c1-10-21(38)25(42)28(45)31(49-10)48-9-20-24(41)26(43)30(53-32-27(44)23(40)16(37)8-47-32)33(52-20)51-19-7-13-14(35)5-12(34)6-17(13)50-29(19)11-3-15(36)22(39)18(4-11)46-2/h3-7,10,16,20-21,23-28,30-33,37-38,40-45H,8-9H2,1-2H3,(H3-,34,35,36,39)/p+1. The van der Waals surface area contributed by atoms with Crippen molar-refractivity contribution in [2.75, 3.05) is 20.3 Å². The molecule has 14 unspecified atom stereocenters. The Bertz CT molecular complexity index is 1760. The first kappa shape index (κ1) is 38.8. The van der Waals surface area contributed by atoms with Crippen molar-refractivity contribution in [3.8, 4) is 45.8 Å². The van der Waals surface area contributed by atoms with Crippen LogP contribution in [-0.2, 0) is 23.7 Å². The van der Waals surface area contributed by atoms with E-state index in [-0.39, 0.29) is 39.5 Å². The van der Waals surface area contributed by atoms with E-state index in [1.165, 1.54) is 26.2 Å². The van der Waals surface area contributed by atoms with Crippen LogP contribution in [-0.4, -0.2) is 168 Å². The third kappa shape index (κ3) is 7.59. The highest BCUT2D eigenvalue weighted by Crippen LogP contribution is 2.45. The lowest BCUT2D eigenvalue weighted by atomic mass is 9.98. The molecule has 3 aliphatic rings. The van der Waals surface area contributed by atoms with Gasteiger partial charge < -0.3 is 94.4 Å². The quantitative estimate of drug-likeness (QED) is 0.0807. The molecular formula is C33H41O20+. The second kappa shape index (κ2) is 15.5. The van der Waals surface area contributed by atoms with Crippen LogP contribution in [0.5, 0.6) is 34.5 Å². The average molecular weight is 758 g/mol. The summed E-state index contributed by atoms with van der Waals surface area (Å²) in [5.41, 5.74) is -0.0820. The number of aromatic hydroxyl groups is 4. The minimum absolute atomic E-state index is 0.00655. The lowest BCUT2D eigenvalue weighted by Crippen LogP contribution is -2.64. The number of methoxy groups -OCH3 is 1. The Kier molecular flexibility index (Phi) is 11.3. The van der Waals surface area contributed by atoms with Gasteiger partial charge in [-0.05, 0) is 6.92 Å². The molecule has 0 radical (unpaired) electrons. The molecule has 0 amide bonds. The van der Waals surface area contributed by atoms with Crippen molar-refractivity contribution in [2.24, 2.45) is 0 Å². The van der Waals surface area contributed by atoms with Gasteiger partial charge in [0.05, 0.1) is 38.1 Å². The zero-order chi connectivity index (χ0) is 38.5. The first-order valence-electron chi connectivity index (χ1n) is 16.3. The van der Waals surface area contributed by atoms with Crippen molar-refractivity contribution in [2.45, 2.75) is 92.9 Å². The fourth-order valence-electron chi connectivity index (χ4n) is 6.16. The molecule has 0 spiro atoms. The Labute approximate surface area is 299 Å². The number of ether oxygens (including phenoxy) is 7. The summed E-state index contributed by atoms with van der Waals surface area (Å²) >= 11 is 0. The van der Waals surface area contributed by atoms with Crippen LogP contribution < -0.4 is 9.47 Å². The number of aliphatic hydroxyl groups is 8. The van der Waals surface area contributed by atoms with E-state index in [1.54, 1.807) is 0 Å². The minimum Gasteiger partial charge on any atom is -0.507 e. The summed E-state index contributed by atoms with van der Waals surface area (Å²) in [5, 5.41) is 126. The summed E-state index contributed by atoms with van der Waals surface area (Å²) in [7, 11) is 1.22. The Morgan fingerprint density at radius 2 is 1.43 bits per heavy atom. The number of hydrogen-bond donors (Lipinski definition) is 12. The van der Waals surface area contributed by atoms with Crippen LogP contribution in [0.4, 0.5) is 0 Å². The van der Waals surface area contributed by atoms with Gasteiger partial charge in [-0.2, -0.15) is 0 Å². The normalized spacial score (nSPS) is 36.3. The maximum atomic E-state index is 11.4. The Hall–Kier alpha value is -3.87. The molecule has 3 aliphatic heterocycles. The fourth-order valence-corrected chi connectivity index (χ4v) is 6.16. The molecule has 4 heterocycles. The maximum absolute atomic E-state index is 11.4. The summed E-state index contributed by atoms with van der Waals surface area (Å²) < 4.78 is 45.5. The van der Waals surface area contributed by atoms with E-state index >= 15 is 0 Å². The van der Waals surface area contributed by atoms with E-state index in [0.29, 0.717) is 0 Å². The van der Waals surface area contributed by atoms with Crippen LogP contribution in [0.25, 0.3) is 22.3 Å². The van der Waals surface area contributed by atoms with Gasteiger partial charge >= 0.3 is 11.3 Å². The predicted octanol–water partition coefficient (Wildman–Crippen LogP) is -2.29. The summed E-state index contributed by atoms with van der Waals surface area (Å²) in [6, 6.07) is 5.73. The summed E-state index contributed by atoms with van der Waals surface area (Å²) in [6.07, 6.45) is -23.0. The van der Waals surface area contributed by atoms with Crippen LogP contribution in [0.3, 0.4) is 0 Å². The van der Waals surface area contributed by atoms with E-state index in [1.807, 2.05) is 0 Å². The van der Waals surface area contributed by atoms with Crippen LogP contribution >= 0.6 is 0 Å². The molecule has 0 aliphatic carbocycles. The van der Waals surface area contributed by atoms with Crippen molar-refractivity contribution in [1.82, 2.24) is 0 Å². The van der Waals surface area contributed by atoms with Gasteiger partial charge in [0.15, 0.2) is 30.2 Å².